The van der Waals surface area contributed by atoms with Gasteiger partial charge in [0.25, 0.3) is 0 Å². The Morgan fingerprint density at radius 2 is 2.33 bits per heavy atom. The van der Waals surface area contributed by atoms with Crippen LogP contribution in [0.4, 0.5) is 0 Å². The molecule has 0 fully saturated rings. The van der Waals surface area contributed by atoms with Gasteiger partial charge in [-0.1, -0.05) is 6.55 Å². The standard InChI is InChI=1S/C4H9NSi/c1-5-3-4-6-2/h5H,6H2,1-2H3. The maximum absolute atomic E-state index is 2.98. The molecule has 0 atom stereocenters. The molecule has 0 aromatic rings. The summed E-state index contributed by atoms with van der Waals surface area (Å²) in [5, 5.41) is 2.74. The first kappa shape index (κ1) is 5.58. The first-order valence-corrected chi connectivity index (χ1v) is 4.18. The number of rotatable bonds is 0. The van der Waals surface area contributed by atoms with Crippen LogP contribution in [0.1, 0.15) is 0 Å². The lowest BCUT2D eigenvalue weighted by atomic mass is 11.1. The lowest BCUT2D eigenvalue weighted by Crippen LogP contribution is -1.92. The number of nitrogens with one attached hydrogen (secondary N) is 1. The normalized spacial score (nSPS) is 7.67. The molecule has 34 valence electrons. The lowest BCUT2D eigenvalue weighted by Gasteiger charge is -1.71. The average Bonchev–Trinajstić information content (AvgIpc) is 1.61. The van der Waals surface area contributed by atoms with Crippen molar-refractivity contribution >= 4 is 9.52 Å². The monoisotopic (exact) mass is 99.1 g/mol. The summed E-state index contributed by atoms with van der Waals surface area (Å²) in [6.07, 6.45) is 0. The van der Waals surface area contributed by atoms with Crippen molar-refractivity contribution in [2.45, 2.75) is 6.55 Å². The molecule has 0 rings (SSSR count). The SMILES string of the molecule is CNC#C[SiH2]C. The van der Waals surface area contributed by atoms with E-state index < -0.39 is 0 Å². The van der Waals surface area contributed by atoms with E-state index in [2.05, 4.69) is 23.5 Å². The van der Waals surface area contributed by atoms with Crippen molar-refractivity contribution in [2.24, 2.45) is 0 Å². The largest absolute Gasteiger partial charge is 0.349 e. The third-order valence-electron chi connectivity index (χ3n) is 0.390. The zero-order valence-corrected chi connectivity index (χ0v) is 5.62. The minimum atomic E-state index is -0.0206. The van der Waals surface area contributed by atoms with Crippen molar-refractivity contribution in [1.29, 1.82) is 0 Å². The van der Waals surface area contributed by atoms with Gasteiger partial charge in [0.2, 0.25) is 0 Å². The van der Waals surface area contributed by atoms with E-state index in [9.17, 15) is 0 Å². The molecule has 1 nitrogen and oxygen atoms in total. The Bertz CT molecular complexity index is 61.4. The second kappa shape index (κ2) is 4.58. The Hall–Kier alpha value is -0.423. The van der Waals surface area contributed by atoms with E-state index in [1.807, 2.05) is 7.05 Å². The fraction of sp³-hybridized carbons (Fsp3) is 0.500. The van der Waals surface area contributed by atoms with Gasteiger partial charge in [0.1, 0.15) is 9.52 Å². The average molecular weight is 99.2 g/mol. The Kier molecular flexibility index (Phi) is 4.25. The van der Waals surface area contributed by atoms with Crippen LogP contribution in [-0.2, 0) is 0 Å². The Labute approximate surface area is 41.0 Å². The molecular weight excluding hydrogens is 90.1 g/mol. The quantitative estimate of drug-likeness (QED) is 0.241. The molecule has 0 saturated carbocycles. The molecule has 0 aromatic carbocycles. The highest BCUT2D eigenvalue weighted by atomic mass is 28.2. The fourth-order valence-corrected chi connectivity index (χ4v) is 0.530. The van der Waals surface area contributed by atoms with Gasteiger partial charge in [-0.3, -0.25) is 0 Å². The summed E-state index contributed by atoms with van der Waals surface area (Å²) in [4.78, 5) is 0. The van der Waals surface area contributed by atoms with Crippen LogP contribution in [0.5, 0.6) is 0 Å². The van der Waals surface area contributed by atoms with Crippen molar-refractivity contribution in [1.82, 2.24) is 5.32 Å². The first-order valence-electron chi connectivity index (χ1n) is 2.06. The van der Waals surface area contributed by atoms with Crippen LogP contribution >= 0.6 is 0 Å². The summed E-state index contributed by atoms with van der Waals surface area (Å²) in [7, 11) is 1.81. The van der Waals surface area contributed by atoms with Gasteiger partial charge in [-0.25, -0.2) is 0 Å². The van der Waals surface area contributed by atoms with Crippen molar-refractivity contribution in [3.8, 4) is 11.6 Å². The van der Waals surface area contributed by atoms with E-state index in [1.54, 1.807) is 0 Å². The molecule has 2 heteroatoms. The van der Waals surface area contributed by atoms with Crippen LogP contribution in [0, 0.1) is 11.6 Å². The van der Waals surface area contributed by atoms with Gasteiger partial charge in [-0.2, -0.15) is 0 Å². The predicted octanol–water partition coefficient (Wildman–Crippen LogP) is -0.659. The molecule has 0 spiro atoms. The third kappa shape index (κ3) is 3.58. The Morgan fingerprint density at radius 3 is 2.50 bits per heavy atom. The van der Waals surface area contributed by atoms with Crippen molar-refractivity contribution in [3.05, 3.63) is 0 Å². The van der Waals surface area contributed by atoms with E-state index in [0.717, 1.165) is 0 Å². The van der Waals surface area contributed by atoms with E-state index in [-0.39, 0.29) is 9.52 Å². The van der Waals surface area contributed by atoms with Crippen LogP contribution in [0.3, 0.4) is 0 Å². The zero-order chi connectivity index (χ0) is 4.83. The predicted molar refractivity (Wildman–Crippen MR) is 31.2 cm³/mol. The molecule has 0 amide bonds. The van der Waals surface area contributed by atoms with Gasteiger partial charge in [-0.05, 0) is 6.04 Å². The zero-order valence-electron chi connectivity index (χ0n) is 4.21. The van der Waals surface area contributed by atoms with Crippen molar-refractivity contribution in [2.75, 3.05) is 7.05 Å². The molecule has 0 aliphatic carbocycles. The Balaban J connectivity index is 2.90. The van der Waals surface area contributed by atoms with Crippen molar-refractivity contribution in [3.63, 3.8) is 0 Å². The van der Waals surface area contributed by atoms with E-state index >= 15 is 0 Å². The van der Waals surface area contributed by atoms with Crippen LogP contribution in [0.2, 0.25) is 6.55 Å². The lowest BCUT2D eigenvalue weighted by molar-refractivity contribution is 1.16. The molecule has 1 N–H and O–H groups in total. The summed E-state index contributed by atoms with van der Waals surface area (Å²) in [6, 6.07) is 2.76. The van der Waals surface area contributed by atoms with Crippen molar-refractivity contribution < 1.29 is 0 Å². The molecule has 0 heterocycles. The second-order valence-electron chi connectivity index (χ2n) is 0.905. The highest BCUT2D eigenvalue weighted by molar-refractivity contribution is 6.44. The van der Waals surface area contributed by atoms with Gasteiger partial charge in [0, 0.05) is 7.05 Å². The highest BCUT2D eigenvalue weighted by Gasteiger charge is 1.55. The third-order valence-corrected chi connectivity index (χ3v) is 0.920. The van der Waals surface area contributed by atoms with Crippen LogP contribution < -0.4 is 5.32 Å². The second-order valence-corrected chi connectivity index (χ2v) is 1.97. The number of hydrogen-bond acceptors (Lipinski definition) is 1. The maximum Gasteiger partial charge on any atom is 0.106 e. The molecule has 0 radical (unpaired) electrons. The first-order chi connectivity index (χ1) is 2.91. The van der Waals surface area contributed by atoms with Crippen LogP contribution in [-0.4, -0.2) is 16.6 Å². The molecule has 0 unspecified atom stereocenters. The molecule has 0 aliphatic heterocycles. The molecule has 0 aliphatic rings. The van der Waals surface area contributed by atoms with Crippen LogP contribution in [0.15, 0.2) is 0 Å². The molecule has 6 heavy (non-hydrogen) atoms. The summed E-state index contributed by atoms with van der Waals surface area (Å²) in [5.74, 6) is 0. The molecule has 0 saturated heterocycles. The van der Waals surface area contributed by atoms with Crippen LogP contribution in [0.25, 0.3) is 0 Å². The fourth-order valence-electron chi connectivity index (χ4n) is 0.177. The topological polar surface area (TPSA) is 12.0 Å². The minimum Gasteiger partial charge on any atom is -0.349 e. The summed E-state index contributed by atoms with van der Waals surface area (Å²) >= 11 is 0. The highest BCUT2D eigenvalue weighted by Crippen LogP contribution is 1.44. The van der Waals surface area contributed by atoms with Gasteiger partial charge in [-0.15, -0.1) is 5.54 Å². The Morgan fingerprint density at radius 1 is 1.67 bits per heavy atom. The number of hydrogen-bond donors (Lipinski definition) is 1. The van der Waals surface area contributed by atoms with Gasteiger partial charge in [0.15, 0.2) is 0 Å². The summed E-state index contributed by atoms with van der Waals surface area (Å²) in [6.45, 7) is 2.16. The molecular formula is C4H9NSi. The van der Waals surface area contributed by atoms with E-state index in [1.165, 1.54) is 0 Å². The summed E-state index contributed by atoms with van der Waals surface area (Å²) in [5.41, 5.74) is 2.98. The minimum absolute atomic E-state index is 0.0206. The molecule has 0 aromatic heterocycles. The van der Waals surface area contributed by atoms with Gasteiger partial charge < -0.3 is 5.32 Å². The van der Waals surface area contributed by atoms with Gasteiger partial charge in [0.05, 0.1) is 0 Å². The van der Waals surface area contributed by atoms with Gasteiger partial charge >= 0.3 is 0 Å². The smallest absolute Gasteiger partial charge is 0.106 e. The summed E-state index contributed by atoms with van der Waals surface area (Å²) < 4.78 is 0. The maximum atomic E-state index is 2.98. The van der Waals surface area contributed by atoms with E-state index in [0.29, 0.717) is 0 Å². The molecule has 0 bridgehead atoms. The van der Waals surface area contributed by atoms with E-state index in [4.69, 9.17) is 0 Å².